The largest absolute Gasteiger partial charge is 0.382 e. The van der Waals surface area contributed by atoms with Gasteiger partial charge < -0.3 is 19.3 Å². The van der Waals surface area contributed by atoms with Crippen LogP contribution < -0.4 is 0 Å². The highest BCUT2D eigenvalue weighted by Crippen LogP contribution is 2.39. The van der Waals surface area contributed by atoms with Gasteiger partial charge in [0.1, 0.15) is 6.61 Å². The molecule has 0 aromatic carbocycles. The number of nitrogens with zero attached hydrogens (tertiary/aromatic N) is 2. The molecular formula is C18H32N2O4. The van der Waals surface area contributed by atoms with Gasteiger partial charge in [-0.05, 0) is 25.7 Å². The zero-order valence-corrected chi connectivity index (χ0v) is 15.2. The molecule has 2 rings (SSSR count). The normalized spacial score (nSPS) is 24.7. The van der Waals surface area contributed by atoms with Gasteiger partial charge in [0.25, 0.3) is 0 Å². The summed E-state index contributed by atoms with van der Waals surface area (Å²) in [5.74, 6) is 0.336. The maximum absolute atomic E-state index is 12.4. The molecule has 2 fully saturated rings. The van der Waals surface area contributed by atoms with Crippen LogP contribution in [-0.2, 0) is 19.1 Å². The molecular weight excluding hydrogens is 308 g/mol. The maximum atomic E-state index is 12.4. The summed E-state index contributed by atoms with van der Waals surface area (Å²) in [4.78, 5) is 28.5. The van der Waals surface area contributed by atoms with Crippen molar-refractivity contribution in [1.82, 2.24) is 9.80 Å². The number of likely N-dealkylation sites (tertiary alicyclic amines) is 2. The lowest BCUT2D eigenvalue weighted by molar-refractivity contribution is -0.145. The van der Waals surface area contributed by atoms with Gasteiger partial charge in [-0.3, -0.25) is 9.59 Å². The summed E-state index contributed by atoms with van der Waals surface area (Å²) >= 11 is 0. The average Bonchev–Trinajstić information content (AvgIpc) is 2.60. The third kappa shape index (κ3) is 5.18. The minimum Gasteiger partial charge on any atom is -0.382 e. The van der Waals surface area contributed by atoms with Crippen LogP contribution in [0, 0.1) is 5.41 Å². The van der Waals surface area contributed by atoms with E-state index in [4.69, 9.17) is 9.47 Å². The van der Waals surface area contributed by atoms with Gasteiger partial charge >= 0.3 is 0 Å². The Labute approximate surface area is 145 Å². The van der Waals surface area contributed by atoms with E-state index in [1.165, 1.54) is 0 Å². The third-order valence-corrected chi connectivity index (χ3v) is 5.20. The van der Waals surface area contributed by atoms with Crippen molar-refractivity contribution in [3.05, 3.63) is 0 Å². The van der Waals surface area contributed by atoms with Gasteiger partial charge in [-0.25, -0.2) is 0 Å². The van der Waals surface area contributed by atoms with Crippen molar-refractivity contribution in [2.24, 2.45) is 5.41 Å². The highest BCUT2D eigenvalue weighted by atomic mass is 16.5. The minimum absolute atomic E-state index is 0.0576. The van der Waals surface area contributed by atoms with Crippen molar-refractivity contribution < 1.29 is 19.1 Å². The topological polar surface area (TPSA) is 59.1 Å². The van der Waals surface area contributed by atoms with E-state index >= 15 is 0 Å². The van der Waals surface area contributed by atoms with E-state index in [-0.39, 0.29) is 23.8 Å². The summed E-state index contributed by atoms with van der Waals surface area (Å²) in [7, 11) is 1.62. The van der Waals surface area contributed by atoms with Crippen molar-refractivity contribution in [2.75, 3.05) is 53.1 Å². The van der Waals surface area contributed by atoms with Crippen LogP contribution in [0.2, 0.25) is 0 Å². The number of carbonyl (C=O) groups excluding carboxylic acids is 2. The Bertz CT molecular complexity index is 429. The van der Waals surface area contributed by atoms with Gasteiger partial charge in [0.2, 0.25) is 11.8 Å². The number of piperidine rings is 2. The zero-order chi connectivity index (χ0) is 17.4. The molecule has 2 saturated heterocycles. The third-order valence-electron chi connectivity index (χ3n) is 5.20. The monoisotopic (exact) mass is 340 g/mol. The molecule has 0 bridgehead atoms. The second-order valence-corrected chi connectivity index (χ2v) is 7.13. The van der Waals surface area contributed by atoms with Gasteiger partial charge in [-0.2, -0.15) is 0 Å². The number of amides is 2. The van der Waals surface area contributed by atoms with E-state index in [2.05, 4.69) is 6.92 Å². The van der Waals surface area contributed by atoms with E-state index in [0.717, 1.165) is 58.3 Å². The van der Waals surface area contributed by atoms with Crippen molar-refractivity contribution in [3.63, 3.8) is 0 Å². The Kier molecular flexibility index (Phi) is 7.49. The second-order valence-electron chi connectivity index (χ2n) is 7.13. The molecule has 0 saturated carbocycles. The number of methoxy groups -OCH3 is 1. The molecule has 1 spiro atoms. The molecule has 0 unspecified atom stereocenters. The maximum Gasteiger partial charge on any atom is 0.248 e. The van der Waals surface area contributed by atoms with Crippen molar-refractivity contribution in [1.29, 1.82) is 0 Å². The Morgan fingerprint density at radius 2 is 2.08 bits per heavy atom. The lowest BCUT2D eigenvalue weighted by Gasteiger charge is -2.48. The predicted octanol–water partition coefficient (Wildman–Crippen LogP) is 1.68. The zero-order valence-electron chi connectivity index (χ0n) is 15.2. The fourth-order valence-corrected chi connectivity index (χ4v) is 3.80. The Morgan fingerprint density at radius 3 is 2.83 bits per heavy atom. The van der Waals surface area contributed by atoms with E-state index in [0.29, 0.717) is 19.6 Å². The summed E-state index contributed by atoms with van der Waals surface area (Å²) in [6.45, 7) is 6.44. The van der Waals surface area contributed by atoms with Crippen LogP contribution in [0.3, 0.4) is 0 Å². The van der Waals surface area contributed by atoms with Crippen LogP contribution >= 0.6 is 0 Å². The highest BCUT2D eigenvalue weighted by Gasteiger charge is 2.42. The number of hydrogen-bond acceptors (Lipinski definition) is 4. The first kappa shape index (κ1) is 19.2. The number of ether oxygens (including phenoxy) is 2. The predicted molar refractivity (Wildman–Crippen MR) is 91.7 cm³/mol. The average molecular weight is 340 g/mol. The molecule has 0 aliphatic carbocycles. The molecule has 0 aromatic rings. The van der Waals surface area contributed by atoms with Crippen LogP contribution in [0.1, 0.15) is 45.4 Å². The standard InChI is InChI=1S/C18H32N2O4/c1-3-4-9-19-14-18(8-6-16(19)21)7-5-10-20(15-18)17(22)13-24-12-11-23-2/h3-15H2,1-2H3/t18-/m1/s1. The summed E-state index contributed by atoms with van der Waals surface area (Å²) < 4.78 is 10.3. The fourth-order valence-electron chi connectivity index (χ4n) is 3.80. The summed E-state index contributed by atoms with van der Waals surface area (Å²) in [5.41, 5.74) is 0.0854. The molecule has 24 heavy (non-hydrogen) atoms. The summed E-state index contributed by atoms with van der Waals surface area (Å²) in [6.07, 6.45) is 5.80. The molecule has 2 amide bonds. The molecule has 6 heteroatoms. The molecule has 2 aliphatic heterocycles. The molecule has 0 N–H and O–H groups in total. The number of hydrogen-bond donors (Lipinski definition) is 0. The first-order chi connectivity index (χ1) is 11.6. The summed E-state index contributed by atoms with van der Waals surface area (Å²) in [5, 5.41) is 0. The summed E-state index contributed by atoms with van der Waals surface area (Å²) in [6, 6.07) is 0. The second kappa shape index (κ2) is 9.37. The van der Waals surface area contributed by atoms with Crippen molar-refractivity contribution >= 4 is 11.8 Å². The number of rotatable bonds is 8. The molecule has 2 heterocycles. The Hall–Kier alpha value is -1.14. The van der Waals surface area contributed by atoms with Crippen molar-refractivity contribution in [3.8, 4) is 0 Å². The first-order valence-corrected chi connectivity index (χ1v) is 9.22. The van der Waals surface area contributed by atoms with Crippen molar-refractivity contribution in [2.45, 2.75) is 45.4 Å². The van der Waals surface area contributed by atoms with Gasteiger partial charge in [0.05, 0.1) is 13.2 Å². The smallest absolute Gasteiger partial charge is 0.248 e. The van der Waals surface area contributed by atoms with Gasteiger partial charge in [-0.15, -0.1) is 0 Å². The van der Waals surface area contributed by atoms with Gasteiger partial charge in [0, 0.05) is 45.1 Å². The Morgan fingerprint density at radius 1 is 1.25 bits per heavy atom. The minimum atomic E-state index is 0.0576. The molecule has 138 valence electrons. The lowest BCUT2D eigenvalue weighted by atomic mass is 9.73. The van der Waals surface area contributed by atoms with Crippen LogP contribution in [0.25, 0.3) is 0 Å². The van der Waals surface area contributed by atoms with E-state index in [1.54, 1.807) is 7.11 Å². The molecule has 0 aromatic heterocycles. The molecule has 6 nitrogen and oxygen atoms in total. The van der Waals surface area contributed by atoms with E-state index < -0.39 is 0 Å². The van der Waals surface area contributed by atoms with Gasteiger partial charge in [-0.1, -0.05) is 13.3 Å². The quantitative estimate of drug-likeness (QED) is 0.631. The first-order valence-electron chi connectivity index (χ1n) is 9.22. The SMILES string of the molecule is CCCCN1C[C@@]2(CCCN(C(=O)COCCOC)C2)CCC1=O. The van der Waals surface area contributed by atoms with Crippen LogP contribution in [0.5, 0.6) is 0 Å². The fraction of sp³-hybridized carbons (Fsp3) is 0.889. The van der Waals surface area contributed by atoms with Gasteiger partial charge in [0.15, 0.2) is 0 Å². The lowest BCUT2D eigenvalue weighted by Crippen LogP contribution is -2.55. The van der Waals surface area contributed by atoms with Crippen LogP contribution in [0.15, 0.2) is 0 Å². The number of carbonyl (C=O) groups is 2. The van der Waals surface area contributed by atoms with Crippen LogP contribution in [0.4, 0.5) is 0 Å². The Balaban J connectivity index is 1.88. The van der Waals surface area contributed by atoms with E-state index in [1.807, 2.05) is 9.80 Å². The molecule has 2 aliphatic rings. The van der Waals surface area contributed by atoms with E-state index in [9.17, 15) is 9.59 Å². The van der Waals surface area contributed by atoms with Crippen LogP contribution in [-0.4, -0.2) is 74.7 Å². The highest BCUT2D eigenvalue weighted by molar-refractivity contribution is 5.78. The molecule has 1 atom stereocenters. The molecule has 0 radical (unpaired) electrons. The number of unbranched alkanes of at least 4 members (excludes halogenated alkanes) is 1.